The van der Waals surface area contributed by atoms with E-state index in [2.05, 4.69) is 10.1 Å². The number of hydrogen-bond acceptors (Lipinski definition) is 3. The summed E-state index contributed by atoms with van der Waals surface area (Å²) in [6.07, 6.45) is -9.06. The van der Waals surface area contributed by atoms with Crippen LogP contribution < -0.4 is 5.32 Å². The molecule has 3 nitrogen and oxygen atoms in total. The maximum atomic E-state index is 13.0. The second kappa shape index (κ2) is 6.50. The molecule has 0 spiro atoms. The van der Waals surface area contributed by atoms with Gasteiger partial charge in [0.1, 0.15) is 6.04 Å². The maximum absolute atomic E-state index is 13.0. The van der Waals surface area contributed by atoms with Crippen LogP contribution >= 0.6 is 0 Å². The number of halogens is 9. The maximum Gasteiger partial charge on any atom is 0.460 e. The van der Waals surface area contributed by atoms with E-state index in [1.165, 1.54) is 14.0 Å². The molecule has 0 saturated heterocycles. The highest BCUT2D eigenvalue weighted by molar-refractivity contribution is 5.75. The van der Waals surface area contributed by atoms with Crippen LogP contribution in [-0.4, -0.2) is 49.6 Å². The summed E-state index contributed by atoms with van der Waals surface area (Å²) in [6.45, 7) is -0.242. The van der Waals surface area contributed by atoms with Gasteiger partial charge in [0.25, 0.3) is 0 Å². The Morgan fingerprint density at radius 3 is 1.82 bits per heavy atom. The van der Waals surface area contributed by atoms with E-state index in [0.717, 1.165) is 0 Å². The lowest BCUT2D eigenvalue weighted by Gasteiger charge is -2.33. The average molecular weight is 349 g/mol. The molecule has 0 radical (unpaired) electrons. The van der Waals surface area contributed by atoms with Crippen LogP contribution in [0.4, 0.5) is 39.5 Å². The Kier molecular flexibility index (Phi) is 6.15. The third-order valence-corrected chi connectivity index (χ3v) is 2.66. The zero-order valence-electron chi connectivity index (χ0n) is 11.2. The van der Waals surface area contributed by atoms with Crippen molar-refractivity contribution in [3.8, 4) is 0 Å². The zero-order valence-corrected chi connectivity index (χ0v) is 11.2. The topological polar surface area (TPSA) is 38.3 Å². The quantitative estimate of drug-likeness (QED) is 0.567. The molecule has 0 bridgehead atoms. The van der Waals surface area contributed by atoms with Crippen LogP contribution in [0.2, 0.25) is 0 Å². The molecule has 12 heteroatoms. The Balaban J connectivity index is 4.97. The summed E-state index contributed by atoms with van der Waals surface area (Å²) in [5, 5.41) is 2.31. The van der Waals surface area contributed by atoms with Gasteiger partial charge in [0.05, 0.1) is 13.0 Å². The molecule has 0 heterocycles. The van der Waals surface area contributed by atoms with Crippen molar-refractivity contribution in [2.24, 2.45) is 0 Å². The Morgan fingerprint density at radius 1 is 1.00 bits per heavy atom. The second-order valence-electron chi connectivity index (χ2n) is 4.28. The van der Waals surface area contributed by atoms with Crippen molar-refractivity contribution < 1.29 is 49.0 Å². The van der Waals surface area contributed by atoms with E-state index in [4.69, 9.17) is 0 Å². The second-order valence-corrected chi connectivity index (χ2v) is 4.28. The highest BCUT2D eigenvalue weighted by Gasteiger charge is 2.81. The number of carbonyl (C=O) groups is 1. The van der Waals surface area contributed by atoms with Crippen LogP contribution in [0.15, 0.2) is 0 Å². The first kappa shape index (κ1) is 20.8. The van der Waals surface area contributed by atoms with E-state index in [-0.39, 0.29) is 0 Å². The number of rotatable bonds is 7. The number of alkyl halides is 9. The molecule has 0 rings (SSSR count). The first-order valence-corrected chi connectivity index (χ1v) is 5.66. The van der Waals surface area contributed by atoms with Crippen molar-refractivity contribution in [1.29, 1.82) is 0 Å². The first-order valence-electron chi connectivity index (χ1n) is 5.66. The molecular weight excluding hydrogens is 337 g/mol. The van der Waals surface area contributed by atoms with Gasteiger partial charge >= 0.3 is 29.9 Å². The molecule has 0 aliphatic heterocycles. The van der Waals surface area contributed by atoms with E-state index in [0.29, 0.717) is 0 Å². The van der Waals surface area contributed by atoms with Gasteiger partial charge in [-0.25, -0.2) is 0 Å². The Bertz CT molecular complexity index is 394. The SMILES string of the molecule is CNC(C)C(=O)OCCC(F)(F)C(F)(F)C(F)(F)C(F)(F)F. The minimum Gasteiger partial charge on any atom is -0.464 e. The molecule has 0 amide bonds. The normalized spacial score (nSPS) is 15.6. The highest BCUT2D eigenvalue weighted by atomic mass is 19.4. The minimum atomic E-state index is -6.94. The molecule has 0 fully saturated rings. The predicted octanol–water partition coefficient (Wildman–Crippen LogP) is 3.00. The number of likely N-dealkylation sites (N-methyl/N-ethyl adjacent to an activating group) is 1. The van der Waals surface area contributed by atoms with Crippen molar-refractivity contribution in [3.05, 3.63) is 0 Å². The van der Waals surface area contributed by atoms with E-state index >= 15 is 0 Å². The lowest BCUT2D eigenvalue weighted by molar-refractivity contribution is -0.397. The van der Waals surface area contributed by atoms with Gasteiger partial charge in [0.2, 0.25) is 0 Å². The molecule has 22 heavy (non-hydrogen) atoms. The molecule has 0 aromatic rings. The molecule has 0 aliphatic carbocycles. The summed E-state index contributed by atoms with van der Waals surface area (Å²) in [5.74, 6) is -20.5. The molecule has 0 aliphatic rings. The van der Waals surface area contributed by atoms with E-state index in [9.17, 15) is 44.3 Å². The van der Waals surface area contributed by atoms with Gasteiger partial charge in [-0.2, -0.15) is 39.5 Å². The van der Waals surface area contributed by atoms with Crippen LogP contribution in [0.1, 0.15) is 13.3 Å². The smallest absolute Gasteiger partial charge is 0.460 e. The standard InChI is InChI=1S/C10H12F9NO2/c1-5(20-2)6(21)22-4-3-7(11,12)8(13,14)9(15,16)10(17,18)19/h5,20H,3-4H2,1-2H3. The van der Waals surface area contributed by atoms with Gasteiger partial charge in [0.15, 0.2) is 0 Å². The predicted molar refractivity (Wildman–Crippen MR) is 55.0 cm³/mol. The molecular formula is C10H12F9NO2. The van der Waals surface area contributed by atoms with E-state index in [1.54, 1.807) is 0 Å². The Hall–Kier alpha value is -1.20. The van der Waals surface area contributed by atoms with Crippen molar-refractivity contribution in [3.63, 3.8) is 0 Å². The average Bonchev–Trinajstić information content (AvgIpc) is 2.35. The monoisotopic (exact) mass is 349 g/mol. The summed E-state index contributed by atoms with van der Waals surface area (Å²) in [4.78, 5) is 11.0. The van der Waals surface area contributed by atoms with Gasteiger partial charge in [-0.3, -0.25) is 4.79 Å². The fourth-order valence-electron chi connectivity index (χ4n) is 1.09. The van der Waals surface area contributed by atoms with Crippen molar-refractivity contribution in [1.82, 2.24) is 5.32 Å². The fraction of sp³-hybridized carbons (Fsp3) is 0.900. The lowest BCUT2D eigenvalue weighted by Crippen LogP contribution is -2.61. The molecule has 1 unspecified atom stereocenters. The number of nitrogens with one attached hydrogen (secondary N) is 1. The summed E-state index contributed by atoms with van der Waals surface area (Å²) in [5.41, 5.74) is 0. The molecule has 0 saturated carbocycles. The Labute approximate surface area is 118 Å². The van der Waals surface area contributed by atoms with Crippen LogP contribution in [0.25, 0.3) is 0 Å². The van der Waals surface area contributed by atoms with Crippen molar-refractivity contribution >= 4 is 5.97 Å². The number of hydrogen-bond donors (Lipinski definition) is 1. The molecule has 0 aromatic carbocycles. The van der Waals surface area contributed by atoms with Gasteiger partial charge in [-0.05, 0) is 14.0 Å². The fourth-order valence-corrected chi connectivity index (χ4v) is 1.09. The number of esters is 1. The molecule has 1 N–H and O–H groups in total. The van der Waals surface area contributed by atoms with Crippen molar-refractivity contribution in [2.75, 3.05) is 13.7 Å². The van der Waals surface area contributed by atoms with Crippen LogP contribution in [-0.2, 0) is 9.53 Å². The highest BCUT2D eigenvalue weighted by Crippen LogP contribution is 2.53. The third kappa shape index (κ3) is 3.96. The molecule has 0 aromatic heterocycles. The Morgan fingerprint density at radius 2 is 1.45 bits per heavy atom. The summed E-state index contributed by atoms with van der Waals surface area (Å²) >= 11 is 0. The third-order valence-electron chi connectivity index (χ3n) is 2.66. The van der Waals surface area contributed by atoms with Crippen molar-refractivity contribution in [2.45, 2.75) is 43.3 Å². The van der Waals surface area contributed by atoms with E-state index < -0.39 is 49.0 Å². The van der Waals surface area contributed by atoms with Gasteiger partial charge in [0, 0.05) is 0 Å². The summed E-state index contributed by atoms with van der Waals surface area (Å²) < 4.78 is 116. The zero-order chi connectivity index (χ0) is 18.0. The number of carbonyl (C=O) groups excluding carboxylic acids is 1. The minimum absolute atomic E-state index is 1.01. The number of ether oxygens (including phenoxy) is 1. The first-order chi connectivity index (χ1) is 9.62. The lowest BCUT2D eigenvalue weighted by atomic mass is 10.0. The molecule has 1 atom stereocenters. The van der Waals surface area contributed by atoms with Crippen LogP contribution in [0, 0.1) is 0 Å². The van der Waals surface area contributed by atoms with Crippen LogP contribution in [0.3, 0.4) is 0 Å². The molecule has 132 valence electrons. The summed E-state index contributed by atoms with van der Waals surface area (Å²) in [6, 6.07) is -1.01. The largest absolute Gasteiger partial charge is 0.464 e. The summed E-state index contributed by atoms with van der Waals surface area (Å²) in [7, 11) is 1.28. The van der Waals surface area contributed by atoms with Crippen LogP contribution in [0.5, 0.6) is 0 Å². The van der Waals surface area contributed by atoms with Gasteiger partial charge in [-0.1, -0.05) is 0 Å². The van der Waals surface area contributed by atoms with Gasteiger partial charge < -0.3 is 10.1 Å². The van der Waals surface area contributed by atoms with Gasteiger partial charge in [-0.15, -0.1) is 0 Å². The van der Waals surface area contributed by atoms with E-state index in [1.807, 2.05) is 0 Å².